The minimum atomic E-state index is -0.269. The summed E-state index contributed by atoms with van der Waals surface area (Å²) >= 11 is 0. The Morgan fingerprint density at radius 1 is 0.368 bits per heavy atom. The van der Waals surface area contributed by atoms with E-state index in [1.54, 1.807) is 0 Å². The molecule has 0 aromatic heterocycles. The average Bonchev–Trinajstić information content (AvgIpc) is 2.92. The molecule has 0 rings (SSSR count). The fourth-order valence-electron chi connectivity index (χ4n) is 5.76. The molecule has 1 N–H and O–H groups in total. The van der Waals surface area contributed by atoms with Crippen molar-refractivity contribution in [1.29, 1.82) is 0 Å². The standard InChI is InChI=1S/C36H74O2/c1-4-7-9-11-13-15-17-18-19-20-21-23-25-27-29-31-34-38-36(32-6-3)35(37)33-30-28-26-24-22-16-14-12-10-8-5-2/h35-37H,4-34H2,1-3H3. The van der Waals surface area contributed by atoms with E-state index in [-0.39, 0.29) is 12.2 Å². The van der Waals surface area contributed by atoms with E-state index in [4.69, 9.17) is 4.74 Å². The summed E-state index contributed by atoms with van der Waals surface area (Å²) in [6.07, 6.45) is 40.2. The number of ether oxygens (including phenoxy) is 1. The highest BCUT2D eigenvalue weighted by molar-refractivity contribution is 4.69. The second-order valence-electron chi connectivity index (χ2n) is 12.4. The molecule has 2 heteroatoms. The molecule has 230 valence electrons. The van der Waals surface area contributed by atoms with E-state index < -0.39 is 0 Å². The molecule has 0 fully saturated rings. The lowest BCUT2D eigenvalue weighted by Crippen LogP contribution is -2.29. The molecule has 0 spiro atoms. The van der Waals surface area contributed by atoms with Gasteiger partial charge in [-0.1, -0.05) is 194 Å². The molecule has 0 amide bonds. The van der Waals surface area contributed by atoms with Crippen LogP contribution in [0.5, 0.6) is 0 Å². The molecule has 0 aromatic carbocycles. The van der Waals surface area contributed by atoms with Crippen molar-refractivity contribution in [3.05, 3.63) is 0 Å². The zero-order valence-corrected chi connectivity index (χ0v) is 26.9. The number of hydrogen-bond acceptors (Lipinski definition) is 2. The molecule has 2 nitrogen and oxygen atoms in total. The zero-order valence-electron chi connectivity index (χ0n) is 26.9. The van der Waals surface area contributed by atoms with Crippen LogP contribution in [0, 0.1) is 0 Å². The third-order valence-corrected chi connectivity index (χ3v) is 8.44. The number of rotatable bonds is 33. The molecular formula is C36H74O2. The first-order chi connectivity index (χ1) is 18.8. The predicted molar refractivity (Wildman–Crippen MR) is 171 cm³/mol. The molecule has 0 saturated carbocycles. The summed E-state index contributed by atoms with van der Waals surface area (Å²) in [5.74, 6) is 0. The van der Waals surface area contributed by atoms with Crippen molar-refractivity contribution in [2.75, 3.05) is 6.61 Å². The lowest BCUT2D eigenvalue weighted by molar-refractivity contribution is -0.0465. The lowest BCUT2D eigenvalue weighted by atomic mass is 10.0. The van der Waals surface area contributed by atoms with Gasteiger partial charge in [0.25, 0.3) is 0 Å². The van der Waals surface area contributed by atoms with Gasteiger partial charge in [0.05, 0.1) is 12.2 Å². The number of hydrogen-bond donors (Lipinski definition) is 1. The van der Waals surface area contributed by atoms with Crippen LogP contribution in [0.2, 0.25) is 0 Å². The molecule has 0 aliphatic carbocycles. The summed E-state index contributed by atoms with van der Waals surface area (Å²) in [6, 6.07) is 0. The highest BCUT2D eigenvalue weighted by Crippen LogP contribution is 2.18. The van der Waals surface area contributed by atoms with Crippen LogP contribution in [0.1, 0.15) is 213 Å². The van der Waals surface area contributed by atoms with Crippen molar-refractivity contribution in [2.45, 2.75) is 226 Å². The fourth-order valence-corrected chi connectivity index (χ4v) is 5.76. The quantitative estimate of drug-likeness (QED) is 0.0842. The van der Waals surface area contributed by atoms with Gasteiger partial charge in [-0.15, -0.1) is 0 Å². The summed E-state index contributed by atoms with van der Waals surface area (Å²) in [5.41, 5.74) is 0. The molecular weight excluding hydrogens is 464 g/mol. The maximum absolute atomic E-state index is 10.7. The maximum atomic E-state index is 10.7. The van der Waals surface area contributed by atoms with E-state index in [1.807, 2.05) is 0 Å². The first kappa shape index (κ1) is 37.9. The molecule has 2 unspecified atom stereocenters. The zero-order chi connectivity index (χ0) is 27.8. The molecule has 0 aliphatic heterocycles. The van der Waals surface area contributed by atoms with Crippen LogP contribution in [0.3, 0.4) is 0 Å². The van der Waals surface area contributed by atoms with Crippen LogP contribution >= 0.6 is 0 Å². The number of aliphatic hydroxyl groups excluding tert-OH is 1. The van der Waals surface area contributed by atoms with Crippen molar-refractivity contribution < 1.29 is 9.84 Å². The van der Waals surface area contributed by atoms with Crippen LogP contribution in [-0.2, 0) is 4.74 Å². The van der Waals surface area contributed by atoms with Gasteiger partial charge in [0.1, 0.15) is 0 Å². The molecule has 0 heterocycles. The van der Waals surface area contributed by atoms with Crippen molar-refractivity contribution >= 4 is 0 Å². The second kappa shape index (κ2) is 33.1. The van der Waals surface area contributed by atoms with E-state index >= 15 is 0 Å². The fraction of sp³-hybridized carbons (Fsp3) is 1.00. The van der Waals surface area contributed by atoms with Gasteiger partial charge in [0, 0.05) is 6.61 Å². The van der Waals surface area contributed by atoms with Gasteiger partial charge in [0.2, 0.25) is 0 Å². The molecule has 0 aliphatic rings. The Labute approximate surface area is 241 Å². The van der Waals surface area contributed by atoms with E-state index in [1.165, 1.54) is 161 Å². The molecule has 38 heavy (non-hydrogen) atoms. The smallest absolute Gasteiger partial charge is 0.0833 e. The Morgan fingerprint density at radius 3 is 1.03 bits per heavy atom. The third-order valence-electron chi connectivity index (χ3n) is 8.44. The van der Waals surface area contributed by atoms with Gasteiger partial charge in [-0.2, -0.15) is 0 Å². The summed E-state index contributed by atoms with van der Waals surface area (Å²) in [6.45, 7) is 7.62. The van der Waals surface area contributed by atoms with Crippen LogP contribution in [-0.4, -0.2) is 23.9 Å². The highest BCUT2D eigenvalue weighted by atomic mass is 16.5. The molecule has 0 bridgehead atoms. The van der Waals surface area contributed by atoms with E-state index in [9.17, 15) is 5.11 Å². The van der Waals surface area contributed by atoms with Crippen molar-refractivity contribution in [2.24, 2.45) is 0 Å². The first-order valence-corrected chi connectivity index (χ1v) is 18.1. The minimum absolute atomic E-state index is 0.0551. The van der Waals surface area contributed by atoms with Crippen molar-refractivity contribution in [1.82, 2.24) is 0 Å². The van der Waals surface area contributed by atoms with E-state index in [2.05, 4.69) is 20.8 Å². The van der Waals surface area contributed by atoms with Crippen LogP contribution in [0.15, 0.2) is 0 Å². The van der Waals surface area contributed by atoms with Gasteiger partial charge in [-0.05, 0) is 19.3 Å². The van der Waals surface area contributed by atoms with Gasteiger partial charge in [-0.3, -0.25) is 0 Å². The molecule has 0 radical (unpaired) electrons. The average molecular weight is 539 g/mol. The Bertz CT molecular complexity index is 410. The molecule has 2 atom stereocenters. The normalized spacial score (nSPS) is 13.3. The number of unbranched alkanes of at least 4 members (excludes halogenated alkanes) is 25. The van der Waals surface area contributed by atoms with Gasteiger partial charge >= 0.3 is 0 Å². The van der Waals surface area contributed by atoms with Crippen LogP contribution in [0.25, 0.3) is 0 Å². The predicted octanol–water partition coefficient (Wildman–Crippen LogP) is 12.5. The Hall–Kier alpha value is -0.0800. The van der Waals surface area contributed by atoms with Crippen LogP contribution < -0.4 is 0 Å². The van der Waals surface area contributed by atoms with Crippen LogP contribution in [0.4, 0.5) is 0 Å². The molecule has 0 aromatic rings. The topological polar surface area (TPSA) is 29.5 Å². The highest BCUT2D eigenvalue weighted by Gasteiger charge is 2.18. The Balaban J connectivity index is 3.49. The Kier molecular flexibility index (Phi) is 33.1. The van der Waals surface area contributed by atoms with Gasteiger partial charge < -0.3 is 9.84 Å². The monoisotopic (exact) mass is 539 g/mol. The van der Waals surface area contributed by atoms with Crippen molar-refractivity contribution in [3.63, 3.8) is 0 Å². The summed E-state index contributed by atoms with van der Waals surface area (Å²) in [5, 5.41) is 10.7. The van der Waals surface area contributed by atoms with Gasteiger partial charge in [-0.25, -0.2) is 0 Å². The lowest BCUT2D eigenvalue weighted by Gasteiger charge is -2.23. The SMILES string of the molecule is CCCCCCCCCCCCCCCCCCOC(CCC)C(O)CCCCCCCCCCCCC. The van der Waals surface area contributed by atoms with Crippen molar-refractivity contribution in [3.8, 4) is 0 Å². The first-order valence-electron chi connectivity index (χ1n) is 18.1. The maximum Gasteiger partial charge on any atom is 0.0833 e. The largest absolute Gasteiger partial charge is 0.390 e. The summed E-state index contributed by atoms with van der Waals surface area (Å²) in [4.78, 5) is 0. The van der Waals surface area contributed by atoms with Gasteiger partial charge in [0.15, 0.2) is 0 Å². The summed E-state index contributed by atoms with van der Waals surface area (Å²) < 4.78 is 6.16. The summed E-state index contributed by atoms with van der Waals surface area (Å²) in [7, 11) is 0. The minimum Gasteiger partial charge on any atom is -0.390 e. The number of aliphatic hydroxyl groups is 1. The Morgan fingerprint density at radius 2 is 0.684 bits per heavy atom. The van der Waals surface area contributed by atoms with E-state index in [0.717, 1.165) is 38.7 Å². The molecule has 0 saturated heterocycles. The van der Waals surface area contributed by atoms with E-state index in [0.29, 0.717) is 0 Å². The third kappa shape index (κ3) is 28.9. The second-order valence-corrected chi connectivity index (χ2v) is 12.4.